The van der Waals surface area contributed by atoms with Crippen molar-refractivity contribution in [1.82, 2.24) is 15.0 Å². The SMILES string of the molecule is O=P(c1ccccc1)(c1ccccc1)c1ccc(-c2ccc3c(c2)nc(-c2ccccc2)c2c(-c4ccncc4)c(-c4ccncc4)oc23)cc1. The van der Waals surface area contributed by atoms with Crippen LogP contribution < -0.4 is 15.9 Å². The van der Waals surface area contributed by atoms with Crippen molar-refractivity contribution in [3.63, 3.8) is 0 Å². The Balaban J connectivity index is 1.23. The molecular formula is C45H30N3O2P. The summed E-state index contributed by atoms with van der Waals surface area (Å²) >= 11 is 0. The maximum atomic E-state index is 14.9. The minimum Gasteiger partial charge on any atom is -0.455 e. The summed E-state index contributed by atoms with van der Waals surface area (Å²) in [4.78, 5) is 13.9. The van der Waals surface area contributed by atoms with E-state index >= 15 is 0 Å². The van der Waals surface area contributed by atoms with Crippen molar-refractivity contribution in [2.45, 2.75) is 0 Å². The summed E-state index contributed by atoms with van der Waals surface area (Å²) < 4.78 is 21.8. The van der Waals surface area contributed by atoms with Gasteiger partial charge in [0.25, 0.3) is 0 Å². The number of pyridine rings is 3. The molecule has 9 aromatic rings. The van der Waals surface area contributed by atoms with E-state index in [-0.39, 0.29) is 0 Å². The molecule has 0 atom stereocenters. The van der Waals surface area contributed by atoms with Crippen molar-refractivity contribution < 1.29 is 8.98 Å². The van der Waals surface area contributed by atoms with Crippen LogP contribution >= 0.6 is 7.14 Å². The summed E-state index contributed by atoms with van der Waals surface area (Å²) in [6, 6.07) is 52.1. The molecule has 242 valence electrons. The lowest BCUT2D eigenvalue weighted by atomic mass is 9.95. The fourth-order valence-electron chi connectivity index (χ4n) is 6.91. The zero-order chi connectivity index (χ0) is 34.2. The number of rotatable bonds is 7. The van der Waals surface area contributed by atoms with Crippen LogP contribution in [0.4, 0.5) is 0 Å². The summed E-state index contributed by atoms with van der Waals surface area (Å²) in [5.74, 6) is 0.756. The maximum Gasteiger partial charge on any atom is 0.171 e. The Morgan fingerprint density at radius 1 is 0.471 bits per heavy atom. The summed E-state index contributed by atoms with van der Waals surface area (Å²) in [5.41, 5.74) is 8.32. The smallest absolute Gasteiger partial charge is 0.171 e. The van der Waals surface area contributed by atoms with Crippen LogP contribution in [-0.2, 0) is 4.57 Å². The molecule has 0 N–H and O–H groups in total. The lowest BCUT2D eigenvalue weighted by molar-refractivity contribution is 0.592. The molecule has 0 bridgehead atoms. The van der Waals surface area contributed by atoms with E-state index in [1.165, 1.54) is 0 Å². The van der Waals surface area contributed by atoms with Crippen molar-refractivity contribution in [3.05, 3.63) is 183 Å². The van der Waals surface area contributed by atoms with Gasteiger partial charge in [-0.15, -0.1) is 0 Å². The molecule has 0 spiro atoms. The summed E-state index contributed by atoms with van der Waals surface area (Å²) in [7, 11) is -3.08. The average Bonchev–Trinajstić information content (AvgIpc) is 3.63. The van der Waals surface area contributed by atoms with Gasteiger partial charge in [0.15, 0.2) is 7.14 Å². The van der Waals surface area contributed by atoms with Crippen LogP contribution in [0.15, 0.2) is 187 Å². The molecule has 4 aromatic heterocycles. The molecule has 6 heteroatoms. The van der Waals surface area contributed by atoms with E-state index in [0.717, 1.165) is 82.6 Å². The third-order valence-electron chi connectivity index (χ3n) is 9.38. The Kier molecular flexibility index (Phi) is 7.68. The first-order valence-corrected chi connectivity index (χ1v) is 18.5. The van der Waals surface area contributed by atoms with Gasteiger partial charge >= 0.3 is 0 Å². The third kappa shape index (κ3) is 5.36. The Labute approximate surface area is 295 Å². The van der Waals surface area contributed by atoms with E-state index in [4.69, 9.17) is 9.40 Å². The largest absolute Gasteiger partial charge is 0.455 e. The van der Waals surface area contributed by atoms with Gasteiger partial charge in [0.1, 0.15) is 11.3 Å². The van der Waals surface area contributed by atoms with Crippen molar-refractivity contribution >= 4 is 44.9 Å². The van der Waals surface area contributed by atoms with E-state index in [1.54, 1.807) is 24.8 Å². The fraction of sp³-hybridized carbons (Fsp3) is 0. The highest BCUT2D eigenvalue weighted by molar-refractivity contribution is 7.85. The predicted molar refractivity (Wildman–Crippen MR) is 208 cm³/mol. The van der Waals surface area contributed by atoms with E-state index in [1.807, 2.05) is 115 Å². The van der Waals surface area contributed by atoms with Gasteiger partial charge in [-0.1, -0.05) is 121 Å². The second-order valence-corrected chi connectivity index (χ2v) is 15.1. The quantitative estimate of drug-likeness (QED) is 0.157. The van der Waals surface area contributed by atoms with Crippen molar-refractivity contribution in [3.8, 4) is 44.8 Å². The third-order valence-corrected chi connectivity index (χ3v) is 12.5. The lowest BCUT2D eigenvalue weighted by Gasteiger charge is -2.20. The van der Waals surface area contributed by atoms with Crippen LogP contribution in [0.25, 0.3) is 66.7 Å². The minimum absolute atomic E-state index is 0.756. The maximum absolute atomic E-state index is 14.9. The Hall–Kier alpha value is -6.42. The predicted octanol–water partition coefficient (Wildman–Crippen LogP) is 10.1. The van der Waals surface area contributed by atoms with Gasteiger partial charge in [-0.05, 0) is 53.1 Å². The van der Waals surface area contributed by atoms with Gasteiger partial charge in [-0.25, -0.2) is 4.98 Å². The van der Waals surface area contributed by atoms with E-state index in [0.29, 0.717) is 0 Å². The molecule has 0 aliphatic heterocycles. The molecule has 5 nitrogen and oxygen atoms in total. The topological polar surface area (TPSA) is 68.9 Å². The molecule has 0 aliphatic carbocycles. The van der Waals surface area contributed by atoms with Crippen LogP contribution in [0, 0.1) is 0 Å². The lowest BCUT2D eigenvalue weighted by Crippen LogP contribution is -2.24. The number of hydrogen-bond donors (Lipinski definition) is 0. The second-order valence-electron chi connectivity index (χ2n) is 12.4. The molecule has 5 aromatic carbocycles. The van der Waals surface area contributed by atoms with Gasteiger partial charge in [0, 0.05) is 62.8 Å². The summed E-state index contributed by atoms with van der Waals surface area (Å²) in [6.07, 6.45) is 7.17. The average molecular weight is 676 g/mol. The van der Waals surface area contributed by atoms with E-state index in [9.17, 15) is 4.57 Å². The highest BCUT2D eigenvalue weighted by Gasteiger charge is 2.29. The normalized spacial score (nSPS) is 11.6. The van der Waals surface area contributed by atoms with E-state index < -0.39 is 7.14 Å². The van der Waals surface area contributed by atoms with Gasteiger partial charge < -0.3 is 8.98 Å². The summed E-state index contributed by atoms with van der Waals surface area (Å²) in [6.45, 7) is 0. The minimum atomic E-state index is -3.08. The van der Waals surface area contributed by atoms with Crippen LogP contribution in [0.1, 0.15) is 0 Å². The Bertz CT molecular complexity index is 2640. The molecule has 0 unspecified atom stereocenters. The Morgan fingerprint density at radius 2 is 1.00 bits per heavy atom. The zero-order valence-corrected chi connectivity index (χ0v) is 28.3. The molecular weight excluding hydrogens is 645 g/mol. The monoisotopic (exact) mass is 675 g/mol. The number of hydrogen-bond acceptors (Lipinski definition) is 5. The van der Waals surface area contributed by atoms with Crippen LogP contribution in [0.5, 0.6) is 0 Å². The first-order valence-electron chi connectivity index (χ1n) is 16.8. The number of fused-ring (bicyclic) bond motifs is 3. The molecule has 0 saturated carbocycles. The molecule has 0 saturated heterocycles. The van der Waals surface area contributed by atoms with Crippen molar-refractivity contribution in [1.29, 1.82) is 0 Å². The fourth-order valence-corrected chi connectivity index (χ4v) is 9.56. The Morgan fingerprint density at radius 3 is 1.61 bits per heavy atom. The van der Waals surface area contributed by atoms with Crippen LogP contribution in [-0.4, -0.2) is 15.0 Å². The second kappa shape index (κ2) is 12.8. The molecule has 0 radical (unpaired) electrons. The van der Waals surface area contributed by atoms with Gasteiger partial charge in [-0.2, -0.15) is 0 Å². The zero-order valence-electron chi connectivity index (χ0n) is 27.4. The number of aromatic nitrogens is 3. The highest BCUT2D eigenvalue weighted by atomic mass is 31.2. The number of benzene rings is 5. The van der Waals surface area contributed by atoms with Crippen molar-refractivity contribution in [2.75, 3.05) is 0 Å². The van der Waals surface area contributed by atoms with E-state index in [2.05, 4.69) is 52.4 Å². The highest BCUT2D eigenvalue weighted by Crippen LogP contribution is 2.47. The van der Waals surface area contributed by atoms with Crippen LogP contribution in [0.3, 0.4) is 0 Å². The van der Waals surface area contributed by atoms with Gasteiger partial charge in [-0.3, -0.25) is 9.97 Å². The first kappa shape index (κ1) is 30.6. The standard InChI is InChI=1S/C45H30N3O2P/c49-51(36-12-6-2-7-13-36,37-14-8-3-9-15-37)38-19-16-31(17-20-38)35-18-21-39-40(30-35)48-43(33-10-4-1-5-11-33)42-41(32-22-26-46-27-23-32)44(50-45(39)42)34-24-28-47-29-25-34/h1-30H. The van der Waals surface area contributed by atoms with Crippen LogP contribution in [0.2, 0.25) is 0 Å². The first-order chi connectivity index (χ1) is 25.2. The number of nitrogens with zero attached hydrogens (tertiary/aromatic N) is 3. The van der Waals surface area contributed by atoms with Gasteiger partial charge in [0.05, 0.1) is 16.6 Å². The molecule has 51 heavy (non-hydrogen) atoms. The summed E-state index contributed by atoms with van der Waals surface area (Å²) in [5, 5.41) is 4.28. The molecule has 0 fully saturated rings. The molecule has 9 rings (SSSR count). The van der Waals surface area contributed by atoms with Crippen molar-refractivity contribution in [2.24, 2.45) is 0 Å². The molecule has 0 amide bonds. The molecule has 4 heterocycles. The number of furan rings is 1. The molecule has 0 aliphatic rings. The van der Waals surface area contributed by atoms with Gasteiger partial charge in [0.2, 0.25) is 0 Å².